The minimum Gasteiger partial charge on any atom is -0.396 e. The number of hydrogen-bond acceptors (Lipinski definition) is 3. The van der Waals surface area contributed by atoms with Crippen LogP contribution in [0.1, 0.15) is 49.6 Å². The van der Waals surface area contributed by atoms with Crippen molar-refractivity contribution < 1.29 is 5.11 Å². The molecular weight excluding hydrogens is 230 g/mol. The topological polar surface area (TPSA) is 32.3 Å². The van der Waals surface area contributed by atoms with Crippen LogP contribution in [0.3, 0.4) is 0 Å². The summed E-state index contributed by atoms with van der Waals surface area (Å²) in [5.74, 6) is 0.604. The summed E-state index contributed by atoms with van der Waals surface area (Å²) >= 11 is 1.82. The maximum atomic E-state index is 9.03. The zero-order valence-corrected chi connectivity index (χ0v) is 12.0. The zero-order valence-electron chi connectivity index (χ0n) is 11.2. The molecule has 1 aromatic heterocycles. The van der Waals surface area contributed by atoms with Gasteiger partial charge in [-0.3, -0.25) is 0 Å². The average molecular weight is 255 g/mol. The molecule has 2 atom stereocenters. The molecule has 2 unspecified atom stereocenters. The molecule has 0 aliphatic rings. The summed E-state index contributed by atoms with van der Waals surface area (Å²) in [6, 6.07) is 2.60. The van der Waals surface area contributed by atoms with Crippen molar-refractivity contribution in [2.75, 3.05) is 13.2 Å². The predicted octanol–water partition coefficient (Wildman–Crippen LogP) is 3.51. The van der Waals surface area contributed by atoms with E-state index in [0.29, 0.717) is 18.6 Å². The zero-order chi connectivity index (χ0) is 12.7. The van der Waals surface area contributed by atoms with Crippen LogP contribution in [0.4, 0.5) is 0 Å². The lowest BCUT2D eigenvalue weighted by atomic mass is 10.00. The molecule has 0 aliphatic carbocycles. The van der Waals surface area contributed by atoms with Gasteiger partial charge in [-0.25, -0.2) is 0 Å². The molecule has 0 saturated carbocycles. The second-order valence-corrected chi connectivity index (χ2v) is 5.71. The van der Waals surface area contributed by atoms with Crippen molar-refractivity contribution in [2.45, 2.75) is 46.1 Å². The molecule has 1 rings (SSSR count). The largest absolute Gasteiger partial charge is 0.396 e. The van der Waals surface area contributed by atoms with Gasteiger partial charge in [0.2, 0.25) is 0 Å². The van der Waals surface area contributed by atoms with Crippen LogP contribution in [-0.4, -0.2) is 18.3 Å². The van der Waals surface area contributed by atoms with E-state index in [9.17, 15) is 0 Å². The molecule has 1 heterocycles. The van der Waals surface area contributed by atoms with Crippen LogP contribution in [0.2, 0.25) is 0 Å². The molecule has 3 heteroatoms. The van der Waals surface area contributed by atoms with Gasteiger partial charge in [-0.15, -0.1) is 11.3 Å². The fourth-order valence-corrected chi connectivity index (χ4v) is 3.16. The molecule has 0 spiro atoms. The molecule has 2 N–H and O–H groups in total. The third-order valence-corrected chi connectivity index (χ3v) is 4.44. The number of aliphatic hydroxyl groups excluding tert-OH is 1. The van der Waals surface area contributed by atoms with E-state index in [0.717, 1.165) is 13.0 Å². The van der Waals surface area contributed by atoms with E-state index in [1.165, 1.54) is 23.3 Å². The smallest absolute Gasteiger partial charge is 0.0434 e. The number of rotatable bonds is 8. The Kier molecular flexibility index (Phi) is 6.78. The third-order valence-electron chi connectivity index (χ3n) is 3.24. The van der Waals surface area contributed by atoms with Crippen molar-refractivity contribution in [1.82, 2.24) is 5.32 Å². The first-order valence-corrected chi connectivity index (χ1v) is 7.45. The Labute approximate surface area is 109 Å². The monoisotopic (exact) mass is 255 g/mol. The number of hydrogen-bond donors (Lipinski definition) is 2. The van der Waals surface area contributed by atoms with Crippen LogP contribution >= 0.6 is 11.3 Å². The van der Waals surface area contributed by atoms with Crippen molar-refractivity contribution in [3.63, 3.8) is 0 Å². The van der Waals surface area contributed by atoms with Crippen LogP contribution in [-0.2, 0) is 0 Å². The summed E-state index contributed by atoms with van der Waals surface area (Å²) in [6.07, 6.45) is 3.31. The highest BCUT2D eigenvalue weighted by atomic mass is 32.1. The van der Waals surface area contributed by atoms with Gasteiger partial charge in [0.05, 0.1) is 0 Å². The van der Waals surface area contributed by atoms with E-state index in [-0.39, 0.29) is 0 Å². The molecule has 2 nitrogen and oxygen atoms in total. The fourth-order valence-electron chi connectivity index (χ4n) is 2.20. The Morgan fingerprint density at radius 2 is 2.18 bits per heavy atom. The van der Waals surface area contributed by atoms with Crippen LogP contribution in [0.25, 0.3) is 0 Å². The summed E-state index contributed by atoms with van der Waals surface area (Å²) in [6.45, 7) is 7.91. The van der Waals surface area contributed by atoms with Crippen molar-refractivity contribution >= 4 is 11.3 Å². The first-order chi connectivity index (χ1) is 8.19. The summed E-state index contributed by atoms with van der Waals surface area (Å²) < 4.78 is 0. The van der Waals surface area contributed by atoms with Gasteiger partial charge in [0.25, 0.3) is 0 Å². The normalized spacial score (nSPS) is 14.8. The first-order valence-electron chi connectivity index (χ1n) is 6.57. The number of aryl methyl sites for hydroxylation is 1. The minimum absolute atomic E-state index is 0.304. The summed E-state index contributed by atoms with van der Waals surface area (Å²) in [5, 5.41) is 14.8. The van der Waals surface area contributed by atoms with E-state index in [4.69, 9.17) is 5.11 Å². The highest BCUT2D eigenvalue weighted by molar-refractivity contribution is 7.10. The molecule has 17 heavy (non-hydrogen) atoms. The van der Waals surface area contributed by atoms with E-state index in [1.807, 2.05) is 11.3 Å². The van der Waals surface area contributed by atoms with Crippen molar-refractivity contribution in [1.29, 1.82) is 0 Å². The quantitative estimate of drug-likeness (QED) is 0.745. The Hall–Kier alpha value is -0.380. The highest BCUT2D eigenvalue weighted by Crippen LogP contribution is 2.23. The predicted molar refractivity (Wildman–Crippen MR) is 75.6 cm³/mol. The number of aliphatic hydroxyl groups is 1. The average Bonchev–Trinajstić information content (AvgIpc) is 2.72. The van der Waals surface area contributed by atoms with Gasteiger partial charge >= 0.3 is 0 Å². The molecular formula is C14H25NOS. The fraction of sp³-hybridized carbons (Fsp3) is 0.714. The lowest BCUT2D eigenvalue weighted by Gasteiger charge is -2.19. The minimum atomic E-state index is 0.304. The molecule has 0 aromatic carbocycles. The van der Waals surface area contributed by atoms with E-state index < -0.39 is 0 Å². The molecule has 0 aliphatic heterocycles. The molecule has 1 aromatic rings. The molecule has 0 radical (unpaired) electrons. The Morgan fingerprint density at radius 1 is 1.41 bits per heavy atom. The SMILES string of the molecule is CCCC(CCO)CNC(C)c1sccc1C. The van der Waals surface area contributed by atoms with E-state index >= 15 is 0 Å². The Morgan fingerprint density at radius 3 is 2.71 bits per heavy atom. The summed E-state index contributed by atoms with van der Waals surface area (Å²) in [4.78, 5) is 1.43. The van der Waals surface area contributed by atoms with Gasteiger partial charge in [0, 0.05) is 17.5 Å². The first kappa shape index (κ1) is 14.7. The van der Waals surface area contributed by atoms with Crippen LogP contribution in [0.15, 0.2) is 11.4 Å². The van der Waals surface area contributed by atoms with Gasteiger partial charge in [-0.05, 0) is 56.2 Å². The number of nitrogens with one attached hydrogen (secondary N) is 1. The molecule has 0 amide bonds. The maximum Gasteiger partial charge on any atom is 0.0434 e. The Balaban J connectivity index is 2.40. The molecule has 0 saturated heterocycles. The van der Waals surface area contributed by atoms with E-state index in [1.54, 1.807) is 0 Å². The van der Waals surface area contributed by atoms with E-state index in [2.05, 4.69) is 37.5 Å². The molecule has 98 valence electrons. The lowest BCUT2D eigenvalue weighted by Crippen LogP contribution is -2.26. The van der Waals surface area contributed by atoms with Gasteiger partial charge in [-0.1, -0.05) is 13.3 Å². The van der Waals surface area contributed by atoms with Crippen molar-refractivity contribution in [3.8, 4) is 0 Å². The summed E-state index contributed by atoms with van der Waals surface area (Å²) in [5.41, 5.74) is 1.38. The van der Waals surface area contributed by atoms with Crippen LogP contribution < -0.4 is 5.32 Å². The lowest BCUT2D eigenvalue weighted by molar-refractivity contribution is 0.246. The van der Waals surface area contributed by atoms with Gasteiger partial charge in [0.1, 0.15) is 0 Å². The van der Waals surface area contributed by atoms with Crippen LogP contribution in [0.5, 0.6) is 0 Å². The third kappa shape index (κ3) is 4.78. The van der Waals surface area contributed by atoms with Gasteiger partial charge < -0.3 is 10.4 Å². The molecule has 0 bridgehead atoms. The number of thiophene rings is 1. The second kappa shape index (κ2) is 7.85. The van der Waals surface area contributed by atoms with Gasteiger partial charge in [-0.2, -0.15) is 0 Å². The maximum absolute atomic E-state index is 9.03. The van der Waals surface area contributed by atoms with Gasteiger partial charge in [0.15, 0.2) is 0 Å². The molecule has 0 fully saturated rings. The standard InChI is InChI=1S/C14H25NOS/c1-4-5-13(6-8-16)10-15-12(3)14-11(2)7-9-17-14/h7,9,12-13,15-16H,4-6,8,10H2,1-3H3. The van der Waals surface area contributed by atoms with Crippen LogP contribution in [0, 0.1) is 12.8 Å². The Bertz CT molecular complexity index is 305. The summed E-state index contributed by atoms with van der Waals surface area (Å²) in [7, 11) is 0. The second-order valence-electron chi connectivity index (χ2n) is 4.76. The van der Waals surface area contributed by atoms with Crippen molar-refractivity contribution in [2.24, 2.45) is 5.92 Å². The van der Waals surface area contributed by atoms with Crippen molar-refractivity contribution in [3.05, 3.63) is 21.9 Å². The highest BCUT2D eigenvalue weighted by Gasteiger charge is 2.12.